The van der Waals surface area contributed by atoms with Crippen molar-refractivity contribution in [2.45, 2.75) is 26.4 Å². The maximum Gasteiger partial charge on any atom is 0.336 e. The number of esters is 1. The van der Waals surface area contributed by atoms with Gasteiger partial charge in [-0.05, 0) is 23.8 Å². The highest BCUT2D eigenvalue weighted by Gasteiger charge is 2.13. The molecule has 6 nitrogen and oxygen atoms in total. The molecule has 0 amide bonds. The van der Waals surface area contributed by atoms with E-state index in [0.717, 1.165) is 27.3 Å². The molecule has 0 bridgehead atoms. The minimum absolute atomic E-state index is 0.0187. The smallest absolute Gasteiger partial charge is 0.336 e. The van der Waals surface area contributed by atoms with Gasteiger partial charge >= 0.3 is 11.6 Å². The van der Waals surface area contributed by atoms with Crippen LogP contribution in [0.1, 0.15) is 23.4 Å². The first-order chi connectivity index (χ1) is 16.1. The number of hydrogen-bond donors (Lipinski definition) is 0. The van der Waals surface area contributed by atoms with E-state index in [1.54, 1.807) is 12.3 Å². The molecule has 33 heavy (non-hydrogen) atoms. The van der Waals surface area contributed by atoms with E-state index in [2.05, 4.69) is 4.98 Å². The van der Waals surface area contributed by atoms with E-state index in [9.17, 15) is 9.59 Å². The van der Waals surface area contributed by atoms with Gasteiger partial charge in [-0.2, -0.15) is 0 Å². The Labute approximate surface area is 189 Å². The average molecular weight is 439 g/mol. The van der Waals surface area contributed by atoms with Crippen molar-refractivity contribution in [3.63, 3.8) is 0 Å². The van der Waals surface area contributed by atoms with E-state index >= 15 is 0 Å². The van der Waals surface area contributed by atoms with Crippen LogP contribution in [0.15, 0.2) is 86.6 Å². The van der Waals surface area contributed by atoms with Crippen LogP contribution in [0.3, 0.4) is 0 Å². The van der Waals surface area contributed by atoms with Crippen LogP contribution in [0.2, 0.25) is 0 Å². The first kappa shape index (κ1) is 20.7. The molecule has 2 heterocycles. The van der Waals surface area contributed by atoms with Gasteiger partial charge in [-0.3, -0.25) is 4.79 Å². The van der Waals surface area contributed by atoms with Gasteiger partial charge < -0.3 is 13.6 Å². The number of nitrogens with zero attached hydrogens (tertiary/aromatic N) is 1. The largest absolute Gasteiger partial charge is 0.461 e. The molecule has 0 atom stereocenters. The number of carbonyl (C=O) groups excluding carboxylic acids is 1. The number of aryl methyl sites for hydroxylation is 2. The number of ether oxygens (including phenoxy) is 1. The van der Waals surface area contributed by atoms with Gasteiger partial charge in [0.25, 0.3) is 0 Å². The average Bonchev–Trinajstić information content (AvgIpc) is 3.30. The van der Waals surface area contributed by atoms with Gasteiger partial charge in [0, 0.05) is 29.0 Å². The molecule has 0 saturated heterocycles. The molecule has 0 N–H and O–H groups in total. The summed E-state index contributed by atoms with van der Waals surface area (Å²) in [4.78, 5) is 28.7. The first-order valence-electron chi connectivity index (χ1n) is 10.7. The Kier molecular flexibility index (Phi) is 5.48. The molecule has 3 aromatic carbocycles. The molecule has 0 unspecified atom stereocenters. The van der Waals surface area contributed by atoms with Crippen molar-refractivity contribution in [2.24, 2.45) is 0 Å². The molecule has 0 aliphatic heterocycles. The van der Waals surface area contributed by atoms with Gasteiger partial charge in [-0.1, -0.05) is 60.2 Å². The molecule has 0 radical (unpaired) electrons. The Bertz CT molecular complexity index is 1510. The van der Waals surface area contributed by atoms with Gasteiger partial charge in [0.15, 0.2) is 11.7 Å². The van der Waals surface area contributed by atoms with Crippen molar-refractivity contribution >= 4 is 27.7 Å². The normalized spacial score (nSPS) is 11.2. The van der Waals surface area contributed by atoms with Crippen molar-refractivity contribution in [1.82, 2.24) is 4.98 Å². The lowest BCUT2D eigenvalue weighted by atomic mass is 10.0. The van der Waals surface area contributed by atoms with Crippen molar-refractivity contribution < 1.29 is 18.4 Å². The van der Waals surface area contributed by atoms with E-state index in [1.807, 2.05) is 61.5 Å². The minimum atomic E-state index is -0.479. The molecule has 5 rings (SSSR count). The van der Waals surface area contributed by atoms with Crippen LogP contribution in [-0.4, -0.2) is 11.0 Å². The maximum atomic E-state index is 12.4. The van der Waals surface area contributed by atoms with Gasteiger partial charge in [-0.25, -0.2) is 9.78 Å². The number of hydrogen-bond acceptors (Lipinski definition) is 6. The Balaban J connectivity index is 1.28. The molecule has 6 heteroatoms. The fourth-order valence-corrected chi connectivity index (χ4v) is 3.85. The lowest BCUT2D eigenvalue weighted by Gasteiger charge is -2.09. The van der Waals surface area contributed by atoms with Crippen LogP contribution in [0.4, 0.5) is 0 Å². The summed E-state index contributed by atoms with van der Waals surface area (Å²) in [5.41, 5.74) is 2.70. The third-order valence-electron chi connectivity index (χ3n) is 5.54. The second-order valence-corrected chi connectivity index (χ2v) is 7.90. The van der Waals surface area contributed by atoms with Crippen molar-refractivity contribution in [2.75, 3.05) is 0 Å². The summed E-state index contributed by atoms with van der Waals surface area (Å²) < 4.78 is 16.6. The molecule has 0 saturated carbocycles. The van der Waals surface area contributed by atoms with Crippen LogP contribution in [0, 0.1) is 6.92 Å². The second kappa shape index (κ2) is 8.74. The van der Waals surface area contributed by atoms with E-state index in [0.29, 0.717) is 29.2 Å². The van der Waals surface area contributed by atoms with Crippen molar-refractivity contribution in [3.05, 3.63) is 100 Å². The summed E-state index contributed by atoms with van der Waals surface area (Å²) in [5.74, 6) is 0.735. The van der Waals surface area contributed by atoms with Gasteiger partial charge in [0.1, 0.15) is 12.2 Å². The van der Waals surface area contributed by atoms with Gasteiger partial charge in [0.05, 0.1) is 12.6 Å². The van der Waals surface area contributed by atoms with E-state index < -0.39 is 11.6 Å². The topological polar surface area (TPSA) is 82.5 Å². The molecule has 2 aromatic heterocycles. The summed E-state index contributed by atoms with van der Waals surface area (Å²) >= 11 is 0. The highest BCUT2D eigenvalue weighted by atomic mass is 16.5. The molecule has 0 aliphatic carbocycles. The molecule has 5 aromatic rings. The fourth-order valence-electron chi connectivity index (χ4n) is 3.85. The van der Waals surface area contributed by atoms with E-state index in [1.165, 1.54) is 6.07 Å². The monoisotopic (exact) mass is 439 g/mol. The summed E-state index contributed by atoms with van der Waals surface area (Å²) in [6.07, 6.45) is 2.10. The summed E-state index contributed by atoms with van der Waals surface area (Å²) in [6.45, 7) is 2.00. The number of aromatic nitrogens is 1. The van der Waals surface area contributed by atoms with Crippen molar-refractivity contribution in [1.29, 1.82) is 0 Å². The standard InChI is InChI=1S/C27H21NO5/c1-17-6-8-19(9-7-17)23-15-28-24(32-23)12-13-25(29)31-16-20-14-26(30)33-22-11-10-18-4-2-3-5-21(18)27(20)22/h2-11,14-15H,12-13,16H2,1H3. The Morgan fingerprint density at radius 3 is 2.67 bits per heavy atom. The van der Waals surface area contributed by atoms with Gasteiger partial charge in [0.2, 0.25) is 0 Å². The van der Waals surface area contributed by atoms with Crippen molar-refractivity contribution in [3.8, 4) is 11.3 Å². The van der Waals surface area contributed by atoms with Crippen LogP contribution in [0.25, 0.3) is 33.1 Å². The zero-order chi connectivity index (χ0) is 22.8. The maximum absolute atomic E-state index is 12.4. The number of oxazole rings is 1. The third-order valence-corrected chi connectivity index (χ3v) is 5.54. The highest BCUT2D eigenvalue weighted by molar-refractivity contribution is 6.07. The predicted octanol–water partition coefficient (Wildman–Crippen LogP) is 5.59. The summed E-state index contributed by atoms with van der Waals surface area (Å²) in [7, 11) is 0. The zero-order valence-electron chi connectivity index (χ0n) is 18.0. The number of fused-ring (bicyclic) bond motifs is 3. The highest BCUT2D eigenvalue weighted by Crippen LogP contribution is 2.28. The number of carbonyl (C=O) groups is 1. The first-order valence-corrected chi connectivity index (χ1v) is 10.7. The molecule has 0 spiro atoms. The summed E-state index contributed by atoms with van der Waals surface area (Å²) in [5, 5.41) is 2.73. The van der Waals surface area contributed by atoms with Crippen LogP contribution >= 0.6 is 0 Å². The molecule has 0 fully saturated rings. The molecule has 0 aliphatic rings. The van der Waals surface area contributed by atoms with Crippen LogP contribution in [0.5, 0.6) is 0 Å². The van der Waals surface area contributed by atoms with E-state index in [-0.39, 0.29) is 13.0 Å². The lowest BCUT2D eigenvalue weighted by Crippen LogP contribution is -2.08. The quantitative estimate of drug-likeness (QED) is 0.195. The zero-order valence-corrected chi connectivity index (χ0v) is 18.0. The Morgan fingerprint density at radius 2 is 1.82 bits per heavy atom. The molecule has 164 valence electrons. The Hall–Kier alpha value is -4.19. The minimum Gasteiger partial charge on any atom is -0.461 e. The van der Waals surface area contributed by atoms with Gasteiger partial charge in [-0.15, -0.1) is 0 Å². The molecular weight excluding hydrogens is 418 g/mol. The fraction of sp³-hybridized carbons (Fsp3) is 0.148. The van der Waals surface area contributed by atoms with E-state index in [4.69, 9.17) is 13.6 Å². The number of rotatable bonds is 6. The lowest BCUT2D eigenvalue weighted by molar-refractivity contribution is -0.144. The predicted molar refractivity (Wildman–Crippen MR) is 125 cm³/mol. The summed E-state index contributed by atoms with van der Waals surface area (Å²) in [6, 6.07) is 20.8. The third kappa shape index (κ3) is 4.41. The SMILES string of the molecule is Cc1ccc(-c2cnc(CCC(=O)OCc3cc(=O)oc4ccc5ccccc5c34)o2)cc1. The second-order valence-electron chi connectivity index (χ2n) is 7.90. The molecular formula is C27H21NO5. The van der Waals surface area contributed by atoms with Crippen LogP contribution in [-0.2, 0) is 22.6 Å². The van der Waals surface area contributed by atoms with Crippen LogP contribution < -0.4 is 5.63 Å². The Morgan fingerprint density at radius 1 is 1.00 bits per heavy atom. The number of benzene rings is 3.